The minimum Gasteiger partial charge on any atom is -0.367 e. The predicted octanol–water partition coefficient (Wildman–Crippen LogP) is 3.33. The van der Waals surface area contributed by atoms with Gasteiger partial charge in [-0.15, -0.1) is 0 Å². The molecule has 4 heterocycles. The first-order valence-corrected chi connectivity index (χ1v) is 11.3. The van der Waals surface area contributed by atoms with Crippen molar-refractivity contribution in [1.29, 1.82) is 0 Å². The van der Waals surface area contributed by atoms with E-state index in [0.29, 0.717) is 42.6 Å². The smallest absolute Gasteiger partial charge is 0.289 e. The van der Waals surface area contributed by atoms with Crippen LogP contribution in [0.1, 0.15) is 40.4 Å². The number of benzene rings is 1. The third-order valence-corrected chi connectivity index (χ3v) is 6.78. The second kappa shape index (κ2) is 7.88. The van der Waals surface area contributed by atoms with E-state index in [1.807, 2.05) is 37.9 Å². The Kier molecular flexibility index (Phi) is 5.12. The predicted molar refractivity (Wildman–Crippen MR) is 127 cm³/mol. The molecule has 2 aliphatic heterocycles. The SMILES string of the molecule is Cn1ccnc1C(=O)N1CCN(c2cncc(N3C(=O)c4ccc(Cl)cc4C3(C)C)c2)CC1. The number of nitrogens with zero attached hydrogens (tertiary/aromatic N) is 6. The summed E-state index contributed by atoms with van der Waals surface area (Å²) in [6.45, 7) is 6.56. The molecule has 0 radical (unpaired) electrons. The van der Waals surface area contributed by atoms with E-state index >= 15 is 0 Å². The maximum atomic E-state index is 13.3. The highest BCUT2D eigenvalue weighted by molar-refractivity contribution is 6.31. The molecule has 1 saturated heterocycles. The number of carbonyl (C=O) groups excluding carboxylic acids is 2. The van der Waals surface area contributed by atoms with E-state index in [0.717, 1.165) is 16.9 Å². The van der Waals surface area contributed by atoms with Crippen LogP contribution in [0.3, 0.4) is 0 Å². The van der Waals surface area contributed by atoms with E-state index in [2.05, 4.69) is 14.9 Å². The van der Waals surface area contributed by atoms with Crippen LogP contribution in [0, 0.1) is 0 Å². The van der Waals surface area contributed by atoms with Crippen molar-refractivity contribution in [2.24, 2.45) is 7.05 Å². The van der Waals surface area contributed by atoms with Gasteiger partial charge in [0.05, 0.1) is 29.3 Å². The fraction of sp³-hybridized carbons (Fsp3) is 0.333. The molecular formula is C24H25ClN6O2. The molecule has 33 heavy (non-hydrogen) atoms. The summed E-state index contributed by atoms with van der Waals surface area (Å²) in [5, 5.41) is 0.612. The molecule has 2 aromatic heterocycles. The Morgan fingerprint density at radius 2 is 1.79 bits per heavy atom. The van der Waals surface area contributed by atoms with Crippen molar-refractivity contribution in [3.8, 4) is 0 Å². The Morgan fingerprint density at radius 3 is 2.48 bits per heavy atom. The lowest BCUT2D eigenvalue weighted by Crippen LogP contribution is -2.49. The zero-order valence-corrected chi connectivity index (χ0v) is 19.6. The number of rotatable bonds is 3. The van der Waals surface area contributed by atoms with Gasteiger partial charge in [-0.25, -0.2) is 4.98 Å². The first kappa shape index (κ1) is 21.5. The monoisotopic (exact) mass is 464 g/mol. The summed E-state index contributed by atoms with van der Waals surface area (Å²) in [6, 6.07) is 7.40. The normalized spacial score (nSPS) is 17.5. The van der Waals surface area contributed by atoms with E-state index in [-0.39, 0.29) is 11.8 Å². The number of fused-ring (bicyclic) bond motifs is 1. The molecule has 170 valence electrons. The average molecular weight is 465 g/mol. The van der Waals surface area contributed by atoms with Crippen LogP contribution in [-0.2, 0) is 12.6 Å². The van der Waals surface area contributed by atoms with Crippen LogP contribution in [-0.4, -0.2) is 57.4 Å². The van der Waals surface area contributed by atoms with Gasteiger partial charge in [-0.1, -0.05) is 11.6 Å². The maximum absolute atomic E-state index is 13.3. The number of imidazole rings is 1. The lowest BCUT2D eigenvalue weighted by molar-refractivity contribution is 0.0730. The number of aryl methyl sites for hydroxylation is 1. The van der Waals surface area contributed by atoms with E-state index in [1.165, 1.54) is 0 Å². The Labute approximate surface area is 197 Å². The fourth-order valence-electron chi connectivity index (χ4n) is 4.74. The number of piperazine rings is 1. The van der Waals surface area contributed by atoms with Gasteiger partial charge in [0.25, 0.3) is 11.8 Å². The maximum Gasteiger partial charge on any atom is 0.289 e. The quantitative estimate of drug-likeness (QED) is 0.594. The van der Waals surface area contributed by atoms with E-state index in [4.69, 9.17) is 11.6 Å². The Balaban J connectivity index is 1.35. The standard InChI is InChI=1S/C24H25ClN6O2/c1-24(2)20-12-16(25)4-5-19(20)22(32)31(24)18-13-17(14-26-15-18)29-8-10-30(11-9-29)23(33)21-27-6-7-28(21)3/h4-7,12-15H,8-11H2,1-3H3. The van der Waals surface area contributed by atoms with Crippen LogP contribution in [0.4, 0.5) is 11.4 Å². The number of anilines is 2. The average Bonchev–Trinajstić information content (AvgIpc) is 3.32. The molecule has 0 unspecified atom stereocenters. The van der Waals surface area contributed by atoms with Crippen LogP contribution < -0.4 is 9.80 Å². The molecule has 5 rings (SSSR count). The number of hydrogen-bond acceptors (Lipinski definition) is 5. The topological polar surface area (TPSA) is 74.6 Å². The second-order valence-corrected chi connectivity index (χ2v) is 9.37. The molecule has 0 bridgehead atoms. The van der Waals surface area contributed by atoms with Gasteiger partial charge in [-0.2, -0.15) is 0 Å². The third kappa shape index (κ3) is 3.54. The first-order valence-electron chi connectivity index (χ1n) is 10.9. The summed E-state index contributed by atoms with van der Waals surface area (Å²) < 4.78 is 1.74. The van der Waals surface area contributed by atoms with Crippen molar-refractivity contribution >= 4 is 34.8 Å². The fourth-order valence-corrected chi connectivity index (χ4v) is 4.91. The van der Waals surface area contributed by atoms with Crippen LogP contribution in [0.2, 0.25) is 5.02 Å². The highest BCUT2D eigenvalue weighted by Gasteiger charge is 2.44. The summed E-state index contributed by atoms with van der Waals surface area (Å²) in [5.74, 6) is 0.326. The molecule has 0 aliphatic carbocycles. The number of pyridine rings is 1. The van der Waals surface area contributed by atoms with E-state index in [9.17, 15) is 9.59 Å². The Morgan fingerprint density at radius 1 is 1.06 bits per heavy atom. The van der Waals surface area contributed by atoms with Crippen LogP contribution in [0.15, 0.2) is 49.1 Å². The second-order valence-electron chi connectivity index (χ2n) is 8.93. The number of hydrogen-bond donors (Lipinski definition) is 0. The molecule has 0 atom stereocenters. The van der Waals surface area contributed by atoms with Crippen LogP contribution in [0.25, 0.3) is 0 Å². The molecular weight excluding hydrogens is 440 g/mol. The van der Waals surface area contributed by atoms with Gasteiger partial charge in [0.15, 0.2) is 5.82 Å². The van der Waals surface area contributed by atoms with Crippen molar-refractivity contribution in [2.45, 2.75) is 19.4 Å². The zero-order valence-electron chi connectivity index (χ0n) is 18.8. The first-order chi connectivity index (χ1) is 15.8. The summed E-state index contributed by atoms with van der Waals surface area (Å²) in [4.78, 5) is 40.4. The zero-order chi connectivity index (χ0) is 23.3. The van der Waals surface area contributed by atoms with Crippen LogP contribution >= 0.6 is 11.6 Å². The van der Waals surface area contributed by atoms with Crippen molar-refractivity contribution < 1.29 is 9.59 Å². The molecule has 0 spiro atoms. The van der Waals surface area contributed by atoms with Gasteiger partial charge in [0.2, 0.25) is 0 Å². The van der Waals surface area contributed by atoms with Crippen molar-refractivity contribution in [3.05, 3.63) is 71.0 Å². The molecule has 8 nitrogen and oxygen atoms in total. The van der Waals surface area contributed by atoms with Crippen molar-refractivity contribution in [3.63, 3.8) is 0 Å². The summed E-state index contributed by atoms with van der Waals surface area (Å²) in [7, 11) is 1.82. The molecule has 9 heteroatoms. The highest BCUT2D eigenvalue weighted by atomic mass is 35.5. The Bertz CT molecular complexity index is 1250. The molecule has 3 aromatic rings. The molecule has 0 saturated carbocycles. The number of halogens is 1. The van der Waals surface area contributed by atoms with Crippen LogP contribution in [0.5, 0.6) is 0 Å². The number of aromatic nitrogens is 3. The molecule has 1 fully saturated rings. The molecule has 2 aliphatic rings. The summed E-state index contributed by atoms with van der Waals surface area (Å²) in [6.07, 6.45) is 6.93. The van der Waals surface area contributed by atoms with Gasteiger partial charge in [0, 0.05) is 56.2 Å². The number of amides is 2. The van der Waals surface area contributed by atoms with E-state index in [1.54, 1.807) is 46.4 Å². The third-order valence-electron chi connectivity index (χ3n) is 6.55. The molecule has 2 amide bonds. The minimum atomic E-state index is -0.551. The lowest BCUT2D eigenvalue weighted by Gasteiger charge is -2.37. The van der Waals surface area contributed by atoms with Gasteiger partial charge in [0.1, 0.15) is 0 Å². The highest BCUT2D eigenvalue weighted by Crippen LogP contribution is 2.43. The van der Waals surface area contributed by atoms with Crippen molar-refractivity contribution in [2.75, 3.05) is 36.0 Å². The number of carbonyl (C=O) groups is 2. The van der Waals surface area contributed by atoms with E-state index < -0.39 is 5.54 Å². The van der Waals surface area contributed by atoms with Gasteiger partial charge in [-0.05, 0) is 43.7 Å². The molecule has 0 N–H and O–H groups in total. The van der Waals surface area contributed by atoms with Gasteiger partial charge in [-0.3, -0.25) is 19.5 Å². The van der Waals surface area contributed by atoms with Gasteiger partial charge >= 0.3 is 0 Å². The van der Waals surface area contributed by atoms with Crippen molar-refractivity contribution in [1.82, 2.24) is 19.4 Å². The summed E-state index contributed by atoms with van der Waals surface area (Å²) in [5.41, 5.74) is 2.68. The minimum absolute atomic E-state index is 0.0592. The van der Waals surface area contributed by atoms with Gasteiger partial charge < -0.3 is 14.4 Å². The summed E-state index contributed by atoms with van der Waals surface area (Å²) >= 11 is 6.21. The molecule has 1 aromatic carbocycles. The lowest BCUT2D eigenvalue weighted by atomic mass is 9.93. The Hall–Kier alpha value is -3.39. The largest absolute Gasteiger partial charge is 0.367 e.